The molecular weight excluding hydrogens is 358 g/mol. The van der Waals surface area contributed by atoms with E-state index in [1.165, 1.54) is 11.5 Å². The molecule has 3 aliphatic rings. The van der Waals surface area contributed by atoms with E-state index in [0.717, 1.165) is 42.7 Å². The van der Waals surface area contributed by atoms with Gasteiger partial charge in [0.15, 0.2) is 5.84 Å². The van der Waals surface area contributed by atoms with Crippen molar-refractivity contribution in [2.75, 3.05) is 31.1 Å². The van der Waals surface area contributed by atoms with Crippen LogP contribution in [-0.4, -0.2) is 54.7 Å². The van der Waals surface area contributed by atoms with Gasteiger partial charge in [0.1, 0.15) is 10.7 Å². The molecule has 2 saturated heterocycles. The van der Waals surface area contributed by atoms with Crippen LogP contribution in [0.4, 0.5) is 5.13 Å². The van der Waals surface area contributed by atoms with E-state index in [2.05, 4.69) is 23.6 Å². The van der Waals surface area contributed by atoms with E-state index in [0.29, 0.717) is 22.6 Å². The quantitative estimate of drug-likeness (QED) is 0.749. The van der Waals surface area contributed by atoms with Gasteiger partial charge in [-0.05, 0) is 19.1 Å². The van der Waals surface area contributed by atoms with Crippen molar-refractivity contribution in [1.82, 2.24) is 14.3 Å². The molecule has 0 spiro atoms. The topological polar surface area (TPSA) is 78.8 Å². The molecule has 0 saturated carbocycles. The molecule has 2 unspecified atom stereocenters. The second-order valence-corrected chi connectivity index (χ2v) is 9.14. The number of hydrogen-bond donors (Lipinski definition) is 0. The van der Waals surface area contributed by atoms with Crippen molar-refractivity contribution in [2.24, 2.45) is 16.2 Å². The van der Waals surface area contributed by atoms with Crippen molar-refractivity contribution in [1.29, 1.82) is 0 Å². The molecule has 0 radical (unpaired) electrons. The zero-order valence-corrected chi connectivity index (χ0v) is 15.3. The van der Waals surface area contributed by atoms with Crippen LogP contribution < -0.4 is 4.90 Å². The third-order valence-corrected chi connectivity index (χ3v) is 7.38. The van der Waals surface area contributed by atoms with Crippen molar-refractivity contribution >= 4 is 32.5 Å². The van der Waals surface area contributed by atoms with E-state index >= 15 is 0 Å². The molecule has 0 N–H and O–H groups in total. The number of nitrogens with zero attached hydrogens (tertiary/aromatic N) is 5. The molecule has 2 aromatic rings. The van der Waals surface area contributed by atoms with Crippen molar-refractivity contribution < 1.29 is 8.42 Å². The highest BCUT2D eigenvalue weighted by Crippen LogP contribution is 2.37. The number of amidine groups is 1. The van der Waals surface area contributed by atoms with Gasteiger partial charge in [0.05, 0.1) is 0 Å². The zero-order valence-electron chi connectivity index (χ0n) is 13.7. The smallest absolute Gasteiger partial charge is 0.285 e. The Morgan fingerprint density at radius 2 is 1.76 bits per heavy atom. The third kappa shape index (κ3) is 2.36. The minimum Gasteiger partial charge on any atom is -0.355 e. The monoisotopic (exact) mass is 375 g/mol. The lowest BCUT2D eigenvalue weighted by Gasteiger charge is -2.22. The largest absolute Gasteiger partial charge is 0.355 e. The minimum absolute atomic E-state index is 0.327. The Bertz CT molecular complexity index is 970. The van der Waals surface area contributed by atoms with E-state index in [9.17, 15) is 8.42 Å². The van der Waals surface area contributed by atoms with Gasteiger partial charge in [-0.15, -0.1) is 4.40 Å². The number of aryl methyl sites for hydroxylation is 1. The molecule has 0 bridgehead atoms. The number of hydrogen-bond acceptors (Lipinski definition) is 7. The van der Waals surface area contributed by atoms with Gasteiger partial charge in [0.25, 0.3) is 10.0 Å². The van der Waals surface area contributed by atoms with Crippen molar-refractivity contribution in [3.05, 3.63) is 35.7 Å². The SMILES string of the molecule is Cc1nsc(N2CC3CN(C4=NS(=O)(=O)c5ccccc54)CC3C2)n1. The fraction of sp³-hybridized carbons (Fsp3) is 0.438. The number of likely N-dealkylation sites (tertiary alicyclic amines) is 1. The summed E-state index contributed by atoms with van der Waals surface area (Å²) < 4.78 is 32.9. The van der Waals surface area contributed by atoms with Crippen molar-refractivity contribution in [2.45, 2.75) is 11.8 Å². The fourth-order valence-corrected chi connectivity index (χ4v) is 5.97. The Labute approximate surface area is 150 Å². The van der Waals surface area contributed by atoms with Crippen LogP contribution in [0, 0.1) is 18.8 Å². The number of rotatable bonds is 1. The van der Waals surface area contributed by atoms with Crippen LogP contribution in [-0.2, 0) is 10.0 Å². The van der Waals surface area contributed by atoms with E-state index in [1.54, 1.807) is 12.1 Å². The Morgan fingerprint density at radius 3 is 2.44 bits per heavy atom. The highest BCUT2D eigenvalue weighted by Gasteiger charge is 2.44. The van der Waals surface area contributed by atoms with Gasteiger partial charge in [-0.2, -0.15) is 12.8 Å². The maximum absolute atomic E-state index is 12.3. The van der Waals surface area contributed by atoms with Crippen LogP contribution in [0.5, 0.6) is 0 Å². The van der Waals surface area contributed by atoms with Gasteiger partial charge in [-0.3, -0.25) is 0 Å². The normalized spacial score (nSPS) is 26.7. The number of anilines is 1. The van der Waals surface area contributed by atoms with Gasteiger partial charge >= 0.3 is 0 Å². The first-order valence-corrected chi connectivity index (χ1v) is 10.5. The van der Waals surface area contributed by atoms with Gasteiger partial charge in [0.2, 0.25) is 5.13 Å². The first kappa shape index (κ1) is 15.3. The van der Waals surface area contributed by atoms with Crippen molar-refractivity contribution in [3.63, 3.8) is 0 Å². The average Bonchev–Trinajstić information content (AvgIpc) is 3.30. The number of fused-ring (bicyclic) bond motifs is 2. The third-order valence-electron chi connectivity index (χ3n) is 5.19. The number of sulfonamides is 1. The summed E-state index contributed by atoms with van der Waals surface area (Å²) in [6.07, 6.45) is 0. The lowest BCUT2D eigenvalue weighted by molar-refractivity contribution is 0.478. The highest BCUT2D eigenvalue weighted by atomic mass is 32.2. The maximum atomic E-state index is 12.3. The Kier molecular flexibility index (Phi) is 3.21. The maximum Gasteiger partial charge on any atom is 0.285 e. The van der Waals surface area contributed by atoms with E-state index in [-0.39, 0.29) is 0 Å². The molecule has 1 aromatic carbocycles. The van der Waals surface area contributed by atoms with Crippen LogP contribution in [0.2, 0.25) is 0 Å². The molecule has 4 heterocycles. The summed E-state index contributed by atoms with van der Waals surface area (Å²) in [5, 5.41) is 0.990. The molecule has 25 heavy (non-hydrogen) atoms. The van der Waals surface area contributed by atoms with Crippen LogP contribution in [0.1, 0.15) is 11.4 Å². The first-order chi connectivity index (χ1) is 12.0. The molecule has 9 heteroatoms. The van der Waals surface area contributed by atoms with E-state index < -0.39 is 10.0 Å². The fourth-order valence-electron chi connectivity index (χ4n) is 4.05. The van der Waals surface area contributed by atoms with Gasteiger partial charge in [-0.25, -0.2) is 4.98 Å². The van der Waals surface area contributed by atoms with Crippen LogP contribution >= 0.6 is 11.5 Å². The Morgan fingerprint density at radius 1 is 1.08 bits per heavy atom. The van der Waals surface area contributed by atoms with Crippen LogP contribution in [0.3, 0.4) is 0 Å². The summed E-state index contributed by atoms with van der Waals surface area (Å²) in [4.78, 5) is 9.25. The molecule has 3 aliphatic heterocycles. The Hall–Kier alpha value is -2.00. The zero-order chi connectivity index (χ0) is 17.2. The lowest BCUT2D eigenvalue weighted by atomic mass is 10.0. The molecule has 0 aliphatic carbocycles. The molecule has 0 amide bonds. The molecule has 2 atom stereocenters. The minimum atomic E-state index is -3.55. The second kappa shape index (κ2) is 5.25. The van der Waals surface area contributed by atoms with Crippen LogP contribution in [0.15, 0.2) is 33.6 Å². The van der Waals surface area contributed by atoms with Gasteiger partial charge < -0.3 is 9.80 Å². The summed E-state index contributed by atoms with van der Waals surface area (Å²) >= 11 is 1.45. The standard InChI is InChI=1S/C16H17N5O2S2/c1-10-17-16(24-18-10)21-8-11-6-20(7-12(11)9-21)15-13-4-2-3-5-14(13)25(22,23)19-15/h2-5,11-12H,6-9H2,1H3. The van der Waals surface area contributed by atoms with Crippen LogP contribution in [0.25, 0.3) is 0 Å². The summed E-state index contributed by atoms with van der Waals surface area (Å²) in [7, 11) is -3.55. The molecule has 7 nitrogen and oxygen atoms in total. The molecule has 2 fully saturated rings. The highest BCUT2D eigenvalue weighted by molar-refractivity contribution is 7.90. The molecular formula is C16H17N5O2S2. The lowest BCUT2D eigenvalue weighted by Crippen LogP contribution is -2.33. The summed E-state index contributed by atoms with van der Waals surface area (Å²) in [6, 6.07) is 7.10. The number of aromatic nitrogens is 2. The summed E-state index contributed by atoms with van der Waals surface area (Å²) in [5.41, 5.74) is 0.735. The summed E-state index contributed by atoms with van der Waals surface area (Å²) in [6.45, 7) is 5.47. The molecule has 5 rings (SSSR count). The molecule has 130 valence electrons. The first-order valence-electron chi connectivity index (χ1n) is 8.26. The second-order valence-electron chi connectivity index (χ2n) is 6.84. The number of benzene rings is 1. The van der Waals surface area contributed by atoms with Gasteiger partial charge in [-0.1, -0.05) is 12.1 Å². The van der Waals surface area contributed by atoms with Crippen molar-refractivity contribution in [3.8, 4) is 0 Å². The predicted molar refractivity (Wildman–Crippen MR) is 95.6 cm³/mol. The molecule has 1 aromatic heterocycles. The Balaban J connectivity index is 1.37. The predicted octanol–water partition coefficient (Wildman–Crippen LogP) is 1.36. The average molecular weight is 375 g/mol. The van der Waals surface area contributed by atoms with E-state index in [4.69, 9.17) is 0 Å². The van der Waals surface area contributed by atoms with Gasteiger partial charge in [0, 0.05) is 55.1 Å². The van der Waals surface area contributed by atoms with E-state index in [1.807, 2.05) is 19.1 Å². The summed E-state index contributed by atoms with van der Waals surface area (Å²) in [5.74, 6) is 2.44.